The number of para-hydroxylation sites is 1. The van der Waals surface area contributed by atoms with Gasteiger partial charge >= 0.3 is 0 Å². The summed E-state index contributed by atoms with van der Waals surface area (Å²) in [7, 11) is 0. The van der Waals surface area contributed by atoms with Gasteiger partial charge in [0, 0.05) is 29.4 Å². The molecule has 4 aromatic carbocycles. The molecular formula is C65H68O. The molecule has 0 atom stereocenters. The Morgan fingerprint density at radius 2 is 1.33 bits per heavy atom. The minimum atomic E-state index is 0.698. The van der Waals surface area contributed by atoms with Crippen LogP contribution in [-0.2, 0) is 12.8 Å². The van der Waals surface area contributed by atoms with E-state index < -0.39 is 0 Å². The Hall–Kier alpha value is -7.06. The van der Waals surface area contributed by atoms with Crippen molar-refractivity contribution in [1.82, 2.24) is 0 Å². The zero-order valence-electron chi connectivity index (χ0n) is 40.7. The molecule has 0 fully saturated rings. The van der Waals surface area contributed by atoms with Crippen molar-refractivity contribution >= 4 is 39.3 Å². The Kier molecular flexibility index (Phi) is 20.2. The smallest absolute Gasteiger partial charge is 0.134 e. The lowest BCUT2D eigenvalue weighted by Crippen LogP contribution is -1.95. The van der Waals surface area contributed by atoms with E-state index in [0.29, 0.717) is 6.42 Å². The van der Waals surface area contributed by atoms with Gasteiger partial charge in [-0.1, -0.05) is 172 Å². The van der Waals surface area contributed by atoms with E-state index in [-0.39, 0.29) is 0 Å². The van der Waals surface area contributed by atoms with E-state index in [1.54, 1.807) is 0 Å². The van der Waals surface area contributed by atoms with Gasteiger partial charge in [0.2, 0.25) is 0 Å². The molecule has 0 N–H and O–H groups in total. The van der Waals surface area contributed by atoms with Crippen molar-refractivity contribution in [3.63, 3.8) is 0 Å². The van der Waals surface area contributed by atoms with E-state index in [0.717, 1.165) is 99.8 Å². The molecule has 0 radical (unpaired) electrons. The summed E-state index contributed by atoms with van der Waals surface area (Å²) in [4.78, 5) is 0. The van der Waals surface area contributed by atoms with Crippen LogP contribution in [-0.4, -0.2) is 0 Å². The van der Waals surface area contributed by atoms with E-state index in [4.69, 9.17) is 10.8 Å². The molecule has 0 aliphatic rings. The Morgan fingerprint density at radius 1 is 0.667 bits per heavy atom. The number of benzene rings is 4. The highest BCUT2D eigenvalue weighted by molar-refractivity contribution is 5.89. The minimum absolute atomic E-state index is 0.698. The standard InChI is InChI=1S/C65H68O/c1-10-19-23-33-52(17-8)58-43-49(42-57(45-58)50(15-6)29-13-4)40-41-56(61-47-59(51(16-7)31-20-11-2)46-60(48-61)55-34-24-22-25-35-55)44-53(18-9)54(32-21-12-3)36-28-39-65-62(30-14-5)63-37-26-27-38-64(63)66-65/h9,13-16,20-22,24-27,29-38,41-48H,11-12,17,23,28,39-40H2,1-8H3/b29-13-,30-14-,31-20-,32-21-,50-15+,51-16+,52-33+,53-44+,54-36+,56-41+. The van der Waals surface area contributed by atoms with E-state index in [1.165, 1.54) is 33.4 Å². The van der Waals surface area contributed by atoms with Gasteiger partial charge in [0.05, 0.1) is 0 Å². The number of terminal acetylenes is 1. The third-order valence-corrected chi connectivity index (χ3v) is 11.6. The zero-order valence-corrected chi connectivity index (χ0v) is 40.7. The fourth-order valence-electron chi connectivity index (χ4n) is 8.18. The molecule has 0 amide bonds. The average Bonchev–Trinajstić information content (AvgIpc) is 3.70. The summed E-state index contributed by atoms with van der Waals surface area (Å²) in [6.07, 6.45) is 43.2. The molecule has 334 valence electrons. The van der Waals surface area contributed by atoms with Gasteiger partial charge in [0.25, 0.3) is 0 Å². The van der Waals surface area contributed by atoms with Crippen LogP contribution in [0.5, 0.6) is 0 Å². The van der Waals surface area contributed by atoms with Crippen LogP contribution < -0.4 is 0 Å². The molecule has 0 bridgehead atoms. The summed E-state index contributed by atoms with van der Waals surface area (Å²) in [5.41, 5.74) is 16.9. The molecule has 0 aliphatic heterocycles. The van der Waals surface area contributed by atoms with Gasteiger partial charge in [0.1, 0.15) is 11.3 Å². The molecule has 0 unspecified atom stereocenters. The molecule has 66 heavy (non-hydrogen) atoms. The maximum absolute atomic E-state index is 6.57. The first-order valence-corrected chi connectivity index (χ1v) is 23.8. The molecule has 0 saturated carbocycles. The van der Waals surface area contributed by atoms with E-state index in [2.05, 4.69) is 230 Å². The van der Waals surface area contributed by atoms with Gasteiger partial charge in [-0.05, 0) is 170 Å². The minimum Gasteiger partial charge on any atom is -0.460 e. The lowest BCUT2D eigenvalue weighted by atomic mass is 9.89. The van der Waals surface area contributed by atoms with Crippen LogP contribution in [0.4, 0.5) is 0 Å². The third-order valence-electron chi connectivity index (χ3n) is 11.6. The van der Waals surface area contributed by atoms with Crippen LogP contribution in [0.1, 0.15) is 127 Å². The largest absolute Gasteiger partial charge is 0.460 e. The van der Waals surface area contributed by atoms with Crippen LogP contribution in [0, 0.1) is 24.2 Å². The second-order valence-corrected chi connectivity index (χ2v) is 16.1. The summed E-state index contributed by atoms with van der Waals surface area (Å²) < 4.78 is 6.42. The fraction of sp³-hybridized carbons (Fsp3) is 0.231. The molecule has 1 heterocycles. The van der Waals surface area contributed by atoms with E-state index in [9.17, 15) is 0 Å². The van der Waals surface area contributed by atoms with Crippen molar-refractivity contribution in [1.29, 1.82) is 0 Å². The number of furan rings is 1. The topological polar surface area (TPSA) is 13.1 Å². The first kappa shape index (κ1) is 49.9. The van der Waals surface area contributed by atoms with Gasteiger partial charge in [-0.25, -0.2) is 0 Å². The molecule has 5 rings (SSSR count). The SMILES string of the molecule is C#CC(=C\C(=C/Cc1cc(C(/C=C\C)=C/C)cc(/C(=C/CC#CC)CC)c1)c1cc(C(/C=C\CC)=C/C)cc(-c2ccccc2)c1)/C(/C=C\CC)=C/CCc1oc2ccccc2c1/C=C\C. The number of hydrogen-bond acceptors (Lipinski definition) is 1. The van der Waals surface area contributed by atoms with Crippen LogP contribution in [0.3, 0.4) is 0 Å². The van der Waals surface area contributed by atoms with Crippen molar-refractivity contribution in [3.8, 4) is 35.3 Å². The number of allylic oxidation sites excluding steroid dienone is 19. The molecule has 0 aliphatic carbocycles. The lowest BCUT2D eigenvalue weighted by molar-refractivity contribution is 0.548. The molecule has 0 saturated heterocycles. The highest BCUT2D eigenvalue weighted by Crippen LogP contribution is 2.34. The van der Waals surface area contributed by atoms with Crippen LogP contribution in [0.2, 0.25) is 0 Å². The lowest BCUT2D eigenvalue weighted by Gasteiger charge is -2.15. The van der Waals surface area contributed by atoms with Crippen molar-refractivity contribution in [2.75, 3.05) is 0 Å². The Bertz CT molecular complexity index is 2840. The van der Waals surface area contributed by atoms with E-state index in [1.807, 2.05) is 19.1 Å². The highest BCUT2D eigenvalue weighted by Gasteiger charge is 2.14. The molecule has 1 aromatic heterocycles. The number of aryl methyl sites for hydroxylation is 1. The van der Waals surface area contributed by atoms with Crippen molar-refractivity contribution < 1.29 is 4.42 Å². The predicted molar refractivity (Wildman–Crippen MR) is 292 cm³/mol. The third kappa shape index (κ3) is 13.7. The van der Waals surface area contributed by atoms with Crippen LogP contribution >= 0.6 is 0 Å². The van der Waals surface area contributed by atoms with Crippen LogP contribution in [0.25, 0.3) is 50.5 Å². The van der Waals surface area contributed by atoms with Crippen molar-refractivity contribution in [3.05, 3.63) is 220 Å². The van der Waals surface area contributed by atoms with Gasteiger partial charge in [-0.15, -0.1) is 12.3 Å². The number of fused-ring (bicyclic) bond motifs is 1. The fourth-order valence-corrected chi connectivity index (χ4v) is 8.18. The van der Waals surface area contributed by atoms with Gasteiger partial charge < -0.3 is 4.42 Å². The normalized spacial score (nSPS) is 13.4. The summed E-state index contributed by atoms with van der Waals surface area (Å²) in [5, 5.41) is 1.14. The molecule has 5 aromatic rings. The zero-order chi connectivity index (χ0) is 47.1. The highest BCUT2D eigenvalue weighted by atomic mass is 16.3. The monoisotopic (exact) mass is 865 g/mol. The Labute approximate surface area is 397 Å². The number of hydrogen-bond donors (Lipinski definition) is 0. The first-order valence-electron chi connectivity index (χ1n) is 23.8. The van der Waals surface area contributed by atoms with Gasteiger partial charge in [-0.2, -0.15) is 0 Å². The van der Waals surface area contributed by atoms with E-state index >= 15 is 0 Å². The Morgan fingerprint density at radius 3 is 2.02 bits per heavy atom. The second-order valence-electron chi connectivity index (χ2n) is 16.1. The molecule has 1 heteroatoms. The quantitative estimate of drug-likeness (QED) is 0.0561. The predicted octanol–water partition coefficient (Wildman–Crippen LogP) is 18.4. The summed E-state index contributed by atoms with van der Waals surface area (Å²) >= 11 is 0. The molecule has 0 spiro atoms. The summed E-state index contributed by atoms with van der Waals surface area (Å²) in [6, 6.07) is 32.9. The maximum Gasteiger partial charge on any atom is 0.134 e. The maximum atomic E-state index is 6.57. The Balaban J connectivity index is 1.74. The van der Waals surface area contributed by atoms with Crippen LogP contribution in [0.15, 0.2) is 186 Å². The first-order chi connectivity index (χ1) is 32.3. The average molecular weight is 865 g/mol. The molecule has 1 nitrogen and oxygen atoms in total. The molecular weight excluding hydrogens is 797 g/mol. The van der Waals surface area contributed by atoms with Gasteiger partial charge in [-0.3, -0.25) is 0 Å². The number of rotatable bonds is 20. The second kappa shape index (κ2) is 26.7. The van der Waals surface area contributed by atoms with Gasteiger partial charge in [0.15, 0.2) is 0 Å². The van der Waals surface area contributed by atoms with Crippen molar-refractivity contribution in [2.24, 2.45) is 0 Å². The summed E-state index contributed by atoms with van der Waals surface area (Å²) in [6.45, 7) is 16.8. The van der Waals surface area contributed by atoms with Crippen molar-refractivity contribution in [2.45, 2.75) is 100 Å². The summed E-state index contributed by atoms with van der Waals surface area (Å²) in [5.74, 6) is 10.4.